The van der Waals surface area contributed by atoms with Crippen LogP contribution in [-0.4, -0.2) is 20.2 Å². The summed E-state index contributed by atoms with van der Waals surface area (Å²) in [6.45, 7) is 2.04. The Balaban J connectivity index is 2.34. The average molecular weight is 186 g/mol. The second-order valence-corrected chi connectivity index (χ2v) is 2.84. The van der Waals surface area contributed by atoms with E-state index in [1.165, 1.54) is 0 Å². The largest absolute Gasteiger partial charge is 0.235 e. The van der Waals surface area contributed by atoms with Gasteiger partial charge in [0.05, 0.1) is 5.69 Å². The average Bonchev–Trinajstić information content (AvgIpc) is 2.30. The minimum atomic E-state index is 0.614. The third-order valence-electron chi connectivity index (χ3n) is 1.88. The van der Waals surface area contributed by atoms with Crippen molar-refractivity contribution in [3.05, 3.63) is 36.3 Å². The molecule has 0 radical (unpaired) electrons. The summed E-state index contributed by atoms with van der Waals surface area (Å²) in [5.41, 5.74) is 1.69. The molecule has 70 valence electrons. The van der Waals surface area contributed by atoms with Gasteiger partial charge in [0.25, 0.3) is 0 Å². The number of hydrogen-bond donors (Lipinski definition) is 0. The zero-order chi connectivity index (χ0) is 9.80. The summed E-state index contributed by atoms with van der Waals surface area (Å²) in [6, 6.07) is 5.61. The summed E-state index contributed by atoms with van der Waals surface area (Å²) in [4.78, 5) is 8.18. The Kier molecular flexibility index (Phi) is 2.44. The van der Waals surface area contributed by atoms with E-state index in [1.54, 1.807) is 18.5 Å². The predicted octanol–water partition coefficient (Wildman–Crippen LogP) is 1.50. The van der Waals surface area contributed by atoms with Gasteiger partial charge in [-0.25, -0.2) is 9.97 Å². The molecule has 0 saturated heterocycles. The highest BCUT2D eigenvalue weighted by atomic mass is 15.1. The van der Waals surface area contributed by atoms with Crippen LogP contribution in [0.15, 0.2) is 30.6 Å². The van der Waals surface area contributed by atoms with Crippen molar-refractivity contribution in [1.29, 1.82) is 0 Å². The molecule has 0 aliphatic rings. The monoisotopic (exact) mass is 186 g/mol. The van der Waals surface area contributed by atoms with E-state index >= 15 is 0 Å². The number of nitrogens with zero attached hydrogens (tertiary/aromatic N) is 4. The summed E-state index contributed by atoms with van der Waals surface area (Å²) in [5, 5.41) is 8.09. The van der Waals surface area contributed by atoms with Crippen LogP contribution < -0.4 is 0 Å². The van der Waals surface area contributed by atoms with Crippen LogP contribution >= 0.6 is 0 Å². The Hall–Kier alpha value is -1.84. The molecule has 4 nitrogen and oxygen atoms in total. The summed E-state index contributed by atoms with van der Waals surface area (Å²) < 4.78 is 0. The topological polar surface area (TPSA) is 51.6 Å². The van der Waals surface area contributed by atoms with Gasteiger partial charge in [-0.05, 0) is 24.6 Å². The van der Waals surface area contributed by atoms with Crippen molar-refractivity contribution in [2.75, 3.05) is 0 Å². The minimum Gasteiger partial charge on any atom is -0.235 e. The normalized spacial score (nSPS) is 10.1. The first-order valence-electron chi connectivity index (χ1n) is 4.50. The van der Waals surface area contributed by atoms with Gasteiger partial charge < -0.3 is 0 Å². The Labute approximate surface area is 82.1 Å². The molecule has 2 aromatic rings. The van der Waals surface area contributed by atoms with Gasteiger partial charge in [-0.1, -0.05) is 6.92 Å². The van der Waals surface area contributed by atoms with Gasteiger partial charge in [-0.15, -0.1) is 5.10 Å². The number of aryl methyl sites for hydroxylation is 1. The molecule has 0 fully saturated rings. The first-order valence-corrected chi connectivity index (χ1v) is 4.50. The molecule has 2 aromatic heterocycles. The lowest BCUT2D eigenvalue weighted by atomic mass is 10.3. The lowest BCUT2D eigenvalue weighted by molar-refractivity contribution is 0.915. The van der Waals surface area contributed by atoms with Crippen molar-refractivity contribution in [3.63, 3.8) is 0 Å². The summed E-state index contributed by atoms with van der Waals surface area (Å²) in [7, 11) is 0. The van der Waals surface area contributed by atoms with Crippen molar-refractivity contribution in [3.8, 4) is 11.5 Å². The molecule has 0 amide bonds. The maximum Gasteiger partial charge on any atom is 0.180 e. The standard InChI is InChI=1S/C10H10N4/c1-2-8-4-5-9(14-13-8)10-11-6-3-7-12-10/h3-7H,2H2,1H3. The fourth-order valence-corrected chi connectivity index (χ4v) is 1.10. The van der Waals surface area contributed by atoms with E-state index in [9.17, 15) is 0 Å². The number of hydrogen-bond acceptors (Lipinski definition) is 4. The molecule has 0 atom stereocenters. The number of rotatable bonds is 2. The zero-order valence-corrected chi connectivity index (χ0v) is 7.88. The molecule has 0 aromatic carbocycles. The predicted molar refractivity (Wildman–Crippen MR) is 52.4 cm³/mol. The molecular weight excluding hydrogens is 176 g/mol. The first-order chi connectivity index (χ1) is 6.90. The Morgan fingerprint density at radius 1 is 1.07 bits per heavy atom. The van der Waals surface area contributed by atoms with E-state index in [0.29, 0.717) is 11.5 Å². The van der Waals surface area contributed by atoms with E-state index in [1.807, 2.05) is 19.1 Å². The van der Waals surface area contributed by atoms with Crippen molar-refractivity contribution in [2.45, 2.75) is 13.3 Å². The third-order valence-corrected chi connectivity index (χ3v) is 1.88. The van der Waals surface area contributed by atoms with Crippen LogP contribution in [0.2, 0.25) is 0 Å². The second kappa shape index (κ2) is 3.91. The fraction of sp³-hybridized carbons (Fsp3) is 0.200. The highest BCUT2D eigenvalue weighted by molar-refractivity contribution is 5.46. The molecule has 2 heterocycles. The molecule has 2 rings (SSSR count). The maximum atomic E-state index is 4.09. The lowest BCUT2D eigenvalue weighted by Crippen LogP contribution is -1.95. The van der Waals surface area contributed by atoms with Gasteiger partial charge >= 0.3 is 0 Å². The smallest absolute Gasteiger partial charge is 0.180 e. The molecule has 14 heavy (non-hydrogen) atoms. The maximum absolute atomic E-state index is 4.09. The van der Waals surface area contributed by atoms with Crippen molar-refractivity contribution >= 4 is 0 Å². The van der Waals surface area contributed by atoms with Crippen LogP contribution in [0.5, 0.6) is 0 Å². The molecular formula is C10H10N4. The molecule has 0 bridgehead atoms. The van der Waals surface area contributed by atoms with Gasteiger partial charge in [0.15, 0.2) is 5.82 Å². The van der Waals surface area contributed by atoms with Crippen LogP contribution in [0, 0.1) is 0 Å². The molecule has 0 spiro atoms. The van der Waals surface area contributed by atoms with E-state index < -0.39 is 0 Å². The molecule has 4 heteroatoms. The Bertz CT molecular complexity index is 396. The highest BCUT2D eigenvalue weighted by Crippen LogP contribution is 2.08. The van der Waals surface area contributed by atoms with Crippen LogP contribution in [0.25, 0.3) is 11.5 Å². The SMILES string of the molecule is CCc1ccc(-c2ncccn2)nn1. The van der Waals surface area contributed by atoms with E-state index in [4.69, 9.17) is 0 Å². The zero-order valence-electron chi connectivity index (χ0n) is 7.88. The van der Waals surface area contributed by atoms with Crippen LogP contribution in [0.1, 0.15) is 12.6 Å². The van der Waals surface area contributed by atoms with Crippen molar-refractivity contribution in [1.82, 2.24) is 20.2 Å². The molecule has 0 unspecified atom stereocenters. The van der Waals surface area contributed by atoms with Gasteiger partial charge in [0.2, 0.25) is 0 Å². The third kappa shape index (κ3) is 1.74. The lowest BCUT2D eigenvalue weighted by Gasteiger charge is -1.97. The minimum absolute atomic E-state index is 0.614. The highest BCUT2D eigenvalue weighted by Gasteiger charge is 2.01. The van der Waals surface area contributed by atoms with Crippen LogP contribution in [-0.2, 0) is 6.42 Å². The second-order valence-electron chi connectivity index (χ2n) is 2.84. The fourth-order valence-electron chi connectivity index (χ4n) is 1.10. The molecule has 0 aliphatic carbocycles. The molecule has 0 saturated carbocycles. The quantitative estimate of drug-likeness (QED) is 0.713. The van der Waals surface area contributed by atoms with Crippen molar-refractivity contribution in [2.24, 2.45) is 0 Å². The Morgan fingerprint density at radius 2 is 1.86 bits per heavy atom. The van der Waals surface area contributed by atoms with Gasteiger partial charge in [0, 0.05) is 12.4 Å². The van der Waals surface area contributed by atoms with E-state index in [-0.39, 0.29) is 0 Å². The van der Waals surface area contributed by atoms with Gasteiger partial charge in [-0.3, -0.25) is 0 Å². The van der Waals surface area contributed by atoms with Gasteiger partial charge in [0.1, 0.15) is 5.69 Å². The summed E-state index contributed by atoms with van der Waals surface area (Å²) >= 11 is 0. The van der Waals surface area contributed by atoms with E-state index in [0.717, 1.165) is 12.1 Å². The van der Waals surface area contributed by atoms with Crippen LogP contribution in [0.4, 0.5) is 0 Å². The van der Waals surface area contributed by atoms with Crippen molar-refractivity contribution < 1.29 is 0 Å². The number of aromatic nitrogens is 4. The summed E-state index contributed by atoms with van der Waals surface area (Å²) in [6.07, 6.45) is 4.28. The van der Waals surface area contributed by atoms with Crippen LogP contribution in [0.3, 0.4) is 0 Å². The Morgan fingerprint density at radius 3 is 2.43 bits per heavy atom. The van der Waals surface area contributed by atoms with Gasteiger partial charge in [-0.2, -0.15) is 5.10 Å². The van der Waals surface area contributed by atoms with E-state index in [2.05, 4.69) is 20.2 Å². The molecule has 0 aliphatic heterocycles. The first kappa shape index (κ1) is 8.74. The summed E-state index contributed by atoms with van der Waals surface area (Å²) in [5.74, 6) is 0.614. The molecule has 0 N–H and O–H groups in total.